The van der Waals surface area contributed by atoms with Gasteiger partial charge in [-0.3, -0.25) is 4.79 Å². The molecule has 0 aliphatic carbocycles. The van der Waals surface area contributed by atoms with Crippen LogP contribution in [0.1, 0.15) is 21.5 Å². The topological polar surface area (TPSA) is 78.3 Å². The minimum atomic E-state index is -0.408. The molecule has 0 atom stereocenters. The standard InChI is InChI=1S/C16H18N2O2S/c1-10-7-11(16(18)19)3-4-12(10)9-21-15-8-13(20-2)5-6-14(15)17/h3-8H,9,17H2,1-2H3,(H2,18,19). The van der Waals surface area contributed by atoms with Crippen LogP contribution in [0.15, 0.2) is 41.3 Å². The van der Waals surface area contributed by atoms with Crippen LogP contribution in [-0.4, -0.2) is 13.0 Å². The number of carbonyl (C=O) groups is 1. The summed E-state index contributed by atoms with van der Waals surface area (Å²) in [5, 5.41) is 0. The number of rotatable bonds is 5. The van der Waals surface area contributed by atoms with E-state index in [9.17, 15) is 4.79 Å². The number of hydrogen-bond donors (Lipinski definition) is 2. The van der Waals surface area contributed by atoms with Crippen molar-refractivity contribution >= 4 is 23.4 Å². The predicted octanol–water partition coefficient (Wildman–Crippen LogP) is 2.98. The summed E-state index contributed by atoms with van der Waals surface area (Å²) in [5.41, 5.74) is 14.7. The molecule has 1 amide bonds. The van der Waals surface area contributed by atoms with Crippen LogP contribution in [0.5, 0.6) is 5.75 Å². The Bertz CT molecular complexity index is 671. The Balaban J connectivity index is 2.15. The van der Waals surface area contributed by atoms with Gasteiger partial charge in [0.1, 0.15) is 5.75 Å². The zero-order valence-corrected chi connectivity index (χ0v) is 12.9. The molecule has 0 aromatic heterocycles. The SMILES string of the molecule is COc1ccc(N)c(SCc2ccc(C(N)=O)cc2C)c1. The van der Waals surface area contributed by atoms with Crippen LogP contribution in [0, 0.1) is 6.92 Å². The summed E-state index contributed by atoms with van der Waals surface area (Å²) in [6.45, 7) is 1.97. The average Bonchev–Trinajstić information content (AvgIpc) is 2.47. The maximum atomic E-state index is 11.1. The van der Waals surface area contributed by atoms with Gasteiger partial charge in [-0.05, 0) is 48.4 Å². The first-order valence-electron chi connectivity index (χ1n) is 6.47. The number of aryl methyl sites for hydroxylation is 1. The third-order valence-corrected chi connectivity index (χ3v) is 4.35. The number of hydrogen-bond acceptors (Lipinski definition) is 4. The maximum Gasteiger partial charge on any atom is 0.248 e. The first-order valence-corrected chi connectivity index (χ1v) is 7.45. The molecule has 110 valence electrons. The largest absolute Gasteiger partial charge is 0.497 e. The van der Waals surface area contributed by atoms with Crippen molar-refractivity contribution in [3.8, 4) is 5.75 Å². The fourth-order valence-electron chi connectivity index (χ4n) is 1.93. The molecule has 0 saturated carbocycles. The molecule has 4 nitrogen and oxygen atoms in total. The van der Waals surface area contributed by atoms with Crippen molar-refractivity contribution in [2.24, 2.45) is 5.73 Å². The van der Waals surface area contributed by atoms with E-state index in [0.717, 1.165) is 33.2 Å². The molecule has 2 rings (SSSR count). The first-order chi connectivity index (χ1) is 10.0. The van der Waals surface area contributed by atoms with E-state index in [-0.39, 0.29) is 0 Å². The average molecular weight is 302 g/mol. The highest BCUT2D eigenvalue weighted by atomic mass is 32.2. The summed E-state index contributed by atoms with van der Waals surface area (Å²) in [6.07, 6.45) is 0. The van der Waals surface area contributed by atoms with Crippen LogP contribution in [-0.2, 0) is 5.75 Å². The lowest BCUT2D eigenvalue weighted by atomic mass is 10.1. The number of nitrogen functional groups attached to an aromatic ring is 1. The Labute approximate surface area is 128 Å². The molecule has 0 aliphatic heterocycles. The smallest absolute Gasteiger partial charge is 0.248 e. The van der Waals surface area contributed by atoms with Gasteiger partial charge in [-0.15, -0.1) is 11.8 Å². The second-order valence-corrected chi connectivity index (χ2v) is 5.72. The second kappa shape index (κ2) is 6.54. The van der Waals surface area contributed by atoms with E-state index in [4.69, 9.17) is 16.2 Å². The molecule has 0 aliphatic rings. The Morgan fingerprint density at radius 1 is 1.24 bits per heavy atom. The number of primary amides is 1. The van der Waals surface area contributed by atoms with E-state index in [1.54, 1.807) is 24.9 Å². The fraction of sp³-hybridized carbons (Fsp3) is 0.188. The molecular weight excluding hydrogens is 284 g/mol. The van der Waals surface area contributed by atoms with Crippen LogP contribution < -0.4 is 16.2 Å². The highest BCUT2D eigenvalue weighted by Crippen LogP contribution is 2.32. The summed E-state index contributed by atoms with van der Waals surface area (Å²) >= 11 is 1.64. The summed E-state index contributed by atoms with van der Waals surface area (Å²) in [4.78, 5) is 12.1. The maximum absolute atomic E-state index is 11.1. The molecule has 5 heteroatoms. The van der Waals surface area contributed by atoms with Crippen LogP contribution in [0.25, 0.3) is 0 Å². The molecule has 0 saturated heterocycles. The van der Waals surface area contributed by atoms with E-state index >= 15 is 0 Å². The third-order valence-electron chi connectivity index (χ3n) is 3.23. The number of carbonyl (C=O) groups excluding carboxylic acids is 1. The number of amides is 1. The van der Waals surface area contributed by atoms with Crippen LogP contribution in [0.3, 0.4) is 0 Å². The molecule has 0 bridgehead atoms. The highest BCUT2D eigenvalue weighted by Gasteiger charge is 2.07. The minimum absolute atomic E-state index is 0.408. The summed E-state index contributed by atoms with van der Waals surface area (Å²) in [7, 11) is 1.63. The first kappa shape index (κ1) is 15.3. The normalized spacial score (nSPS) is 10.4. The third kappa shape index (κ3) is 3.70. The number of nitrogens with two attached hydrogens (primary N) is 2. The second-order valence-electron chi connectivity index (χ2n) is 4.70. The monoisotopic (exact) mass is 302 g/mol. The van der Waals surface area contributed by atoms with Crippen LogP contribution in [0.4, 0.5) is 5.69 Å². The molecule has 0 heterocycles. The Morgan fingerprint density at radius 2 is 2.00 bits per heavy atom. The number of methoxy groups -OCH3 is 1. The van der Waals surface area contributed by atoms with Gasteiger partial charge in [-0.2, -0.15) is 0 Å². The van der Waals surface area contributed by atoms with Gasteiger partial charge in [-0.25, -0.2) is 0 Å². The lowest BCUT2D eigenvalue weighted by Gasteiger charge is -2.10. The predicted molar refractivity (Wildman–Crippen MR) is 86.7 cm³/mol. The molecule has 0 fully saturated rings. The number of ether oxygens (including phenoxy) is 1. The Hall–Kier alpha value is -2.14. The minimum Gasteiger partial charge on any atom is -0.497 e. The van der Waals surface area contributed by atoms with Crippen molar-refractivity contribution in [2.45, 2.75) is 17.6 Å². The molecule has 2 aromatic carbocycles. The molecule has 0 unspecified atom stereocenters. The Kier molecular flexibility index (Phi) is 4.75. The van der Waals surface area contributed by atoms with Crippen LogP contribution >= 0.6 is 11.8 Å². The molecule has 4 N–H and O–H groups in total. The van der Waals surface area contributed by atoms with Gasteiger partial charge in [0, 0.05) is 21.9 Å². The van der Waals surface area contributed by atoms with Gasteiger partial charge in [-0.1, -0.05) is 6.07 Å². The summed E-state index contributed by atoms with van der Waals surface area (Å²) < 4.78 is 5.21. The van der Waals surface area contributed by atoms with E-state index in [1.807, 2.05) is 37.3 Å². The Morgan fingerprint density at radius 3 is 2.62 bits per heavy atom. The van der Waals surface area contributed by atoms with E-state index < -0.39 is 5.91 Å². The summed E-state index contributed by atoms with van der Waals surface area (Å²) in [5.74, 6) is 1.14. The summed E-state index contributed by atoms with van der Waals surface area (Å²) in [6, 6.07) is 11.1. The molecule has 0 radical (unpaired) electrons. The van der Waals surface area contributed by atoms with Gasteiger partial charge in [0.05, 0.1) is 7.11 Å². The van der Waals surface area contributed by atoms with Gasteiger partial charge in [0.15, 0.2) is 0 Å². The van der Waals surface area contributed by atoms with Crippen LogP contribution in [0.2, 0.25) is 0 Å². The van der Waals surface area contributed by atoms with Gasteiger partial charge in [0.25, 0.3) is 0 Å². The van der Waals surface area contributed by atoms with Crippen molar-refractivity contribution in [1.82, 2.24) is 0 Å². The fourth-order valence-corrected chi connectivity index (χ4v) is 3.00. The van der Waals surface area contributed by atoms with E-state index in [1.165, 1.54) is 0 Å². The van der Waals surface area contributed by atoms with Crippen molar-refractivity contribution < 1.29 is 9.53 Å². The van der Waals surface area contributed by atoms with E-state index in [2.05, 4.69) is 0 Å². The molecule has 2 aromatic rings. The van der Waals surface area contributed by atoms with Gasteiger partial charge >= 0.3 is 0 Å². The lowest BCUT2D eigenvalue weighted by Crippen LogP contribution is -2.11. The highest BCUT2D eigenvalue weighted by molar-refractivity contribution is 7.98. The van der Waals surface area contributed by atoms with Crippen molar-refractivity contribution in [2.75, 3.05) is 12.8 Å². The van der Waals surface area contributed by atoms with Gasteiger partial charge < -0.3 is 16.2 Å². The molecular formula is C16H18N2O2S. The zero-order valence-electron chi connectivity index (χ0n) is 12.1. The van der Waals surface area contributed by atoms with Crippen molar-refractivity contribution in [1.29, 1.82) is 0 Å². The number of thioether (sulfide) groups is 1. The zero-order chi connectivity index (χ0) is 15.4. The molecule has 0 spiro atoms. The number of anilines is 1. The number of benzene rings is 2. The van der Waals surface area contributed by atoms with Crippen molar-refractivity contribution in [3.63, 3.8) is 0 Å². The van der Waals surface area contributed by atoms with Crippen molar-refractivity contribution in [3.05, 3.63) is 53.1 Å². The lowest BCUT2D eigenvalue weighted by molar-refractivity contribution is 0.1000. The molecule has 21 heavy (non-hydrogen) atoms. The quantitative estimate of drug-likeness (QED) is 0.657. The van der Waals surface area contributed by atoms with E-state index in [0.29, 0.717) is 5.56 Å². The van der Waals surface area contributed by atoms with Gasteiger partial charge in [0.2, 0.25) is 5.91 Å².